The van der Waals surface area contributed by atoms with E-state index in [0.717, 1.165) is 6.54 Å². The number of unbranched alkanes of at least 4 members (excludes halogenated alkanes) is 3. The Hall–Kier alpha value is -0.300. The number of hydrogen-bond acceptors (Lipinski definition) is 1. The third-order valence-corrected chi connectivity index (χ3v) is 1.01. The highest BCUT2D eigenvalue weighted by atomic mass is 14.5. The molecular weight excluding hydrogens is 122 g/mol. The van der Waals surface area contributed by atoms with E-state index in [1.54, 1.807) is 0 Å². The minimum Gasteiger partial charge on any atom is -0.331 e. The standard InChI is InChI=1S/C7H14.C2H7N/c1-3-5-7-6-4-2;1-2-3/h3H,1,4-7H2,2H3;2-3H2,1H3. The quantitative estimate of drug-likeness (QED) is 0.475. The summed E-state index contributed by atoms with van der Waals surface area (Å²) in [5, 5.41) is 0. The molecule has 0 aromatic rings. The highest BCUT2D eigenvalue weighted by Crippen LogP contribution is 1.97. The van der Waals surface area contributed by atoms with E-state index in [4.69, 9.17) is 5.73 Å². The largest absolute Gasteiger partial charge is 0.331 e. The van der Waals surface area contributed by atoms with Gasteiger partial charge in [-0.2, -0.15) is 0 Å². The molecule has 0 aliphatic heterocycles. The highest BCUT2D eigenvalue weighted by molar-refractivity contribution is 4.64. The van der Waals surface area contributed by atoms with Crippen LogP contribution in [0.3, 0.4) is 0 Å². The fourth-order valence-corrected chi connectivity index (χ4v) is 0.539. The highest BCUT2D eigenvalue weighted by Gasteiger charge is 1.77. The maximum atomic E-state index is 4.85. The summed E-state index contributed by atoms with van der Waals surface area (Å²) >= 11 is 0. The lowest BCUT2D eigenvalue weighted by atomic mass is 10.2. The minimum atomic E-state index is 0.750. The maximum absolute atomic E-state index is 4.85. The smallest absolute Gasteiger partial charge is 0.0106 e. The number of nitrogens with two attached hydrogens (primary N) is 1. The summed E-state index contributed by atoms with van der Waals surface area (Å²) in [6, 6.07) is 0. The molecule has 0 rings (SSSR count). The Balaban J connectivity index is 0. The van der Waals surface area contributed by atoms with Crippen LogP contribution in [-0.4, -0.2) is 6.54 Å². The molecule has 0 atom stereocenters. The molecule has 0 aliphatic carbocycles. The molecule has 1 heteroatoms. The lowest BCUT2D eigenvalue weighted by Crippen LogP contribution is -1.87. The molecule has 0 radical (unpaired) electrons. The lowest BCUT2D eigenvalue weighted by Gasteiger charge is -1.87. The molecule has 0 aromatic carbocycles. The van der Waals surface area contributed by atoms with Gasteiger partial charge in [0, 0.05) is 0 Å². The third kappa shape index (κ3) is 25.2. The first-order valence-corrected chi connectivity index (χ1v) is 4.14. The molecule has 0 amide bonds. The average Bonchev–Trinajstić information content (AvgIpc) is 1.91. The summed E-state index contributed by atoms with van der Waals surface area (Å²) in [5.74, 6) is 0. The first-order chi connectivity index (χ1) is 4.83. The van der Waals surface area contributed by atoms with Crippen molar-refractivity contribution in [2.45, 2.75) is 39.5 Å². The van der Waals surface area contributed by atoms with Crippen molar-refractivity contribution >= 4 is 0 Å². The topological polar surface area (TPSA) is 26.0 Å². The zero-order chi connectivity index (χ0) is 8.24. The van der Waals surface area contributed by atoms with Crippen LogP contribution in [0.15, 0.2) is 12.7 Å². The lowest BCUT2D eigenvalue weighted by molar-refractivity contribution is 0.730. The number of hydrogen-bond donors (Lipinski definition) is 1. The van der Waals surface area contributed by atoms with Crippen LogP contribution >= 0.6 is 0 Å². The van der Waals surface area contributed by atoms with Crippen LogP contribution in [0.1, 0.15) is 39.5 Å². The zero-order valence-corrected chi connectivity index (χ0v) is 7.40. The molecule has 0 bridgehead atoms. The molecular formula is C9H21N. The van der Waals surface area contributed by atoms with Gasteiger partial charge in [0.2, 0.25) is 0 Å². The van der Waals surface area contributed by atoms with E-state index in [9.17, 15) is 0 Å². The van der Waals surface area contributed by atoms with Gasteiger partial charge in [-0.05, 0) is 19.4 Å². The molecule has 0 aromatic heterocycles. The van der Waals surface area contributed by atoms with Crippen molar-refractivity contribution in [3.8, 4) is 0 Å². The van der Waals surface area contributed by atoms with Gasteiger partial charge in [0.25, 0.3) is 0 Å². The van der Waals surface area contributed by atoms with E-state index in [1.165, 1.54) is 25.7 Å². The van der Waals surface area contributed by atoms with Crippen molar-refractivity contribution in [2.24, 2.45) is 5.73 Å². The predicted octanol–water partition coefficient (Wildman–Crippen LogP) is 2.72. The summed E-state index contributed by atoms with van der Waals surface area (Å²) < 4.78 is 0. The number of allylic oxidation sites excluding steroid dienone is 1. The van der Waals surface area contributed by atoms with E-state index in [1.807, 2.05) is 13.0 Å². The van der Waals surface area contributed by atoms with Crippen LogP contribution in [0.5, 0.6) is 0 Å². The Morgan fingerprint density at radius 2 is 1.80 bits per heavy atom. The Labute approximate surface area is 65.3 Å². The van der Waals surface area contributed by atoms with Crippen molar-refractivity contribution < 1.29 is 0 Å². The molecule has 1 nitrogen and oxygen atoms in total. The molecule has 62 valence electrons. The van der Waals surface area contributed by atoms with Gasteiger partial charge in [0.05, 0.1) is 0 Å². The monoisotopic (exact) mass is 143 g/mol. The van der Waals surface area contributed by atoms with Gasteiger partial charge in [-0.25, -0.2) is 0 Å². The van der Waals surface area contributed by atoms with E-state index in [0.29, 0.717) is 0 Å². The van der Waals surface area contributed by atoms with Crippen molar-refractivity contribution in [1.29, 1.82) is 0 Å². The fourth-order valence-electron chi connectivity index (χ4n) is 0.539. The average molecular weight is 143 g/mol. The summed E-state index contributed by atoms with van der Waals surface area (Å²) in [7, 11) is 0. The Morgan fingerprint density at radius 1 is 1.30 bits per heavy atom. The van der Waals surface area contributed by atoms with Crippen molar-refractivity contribution in [2.75, 3.05) is 6.54 Å². The molecule has 0 aliphatic rings. The molecule has 0 saturated carbocycles. The molecule has 10 heavy (non-hydrogen) atoms. The van der Waals surface area contributed by atoms with Crippen LogP contribution in [0.25, 0.3) is 0 Å². The molecule has 0 fully saturated rings. The summed E-state index contributed by atoms with van der Waals surface area (Å²) in [4.78, 5) is 0. The van der Waals surface area contributed by atoms with Gasteiger partial charge in [-0.3, -0.25) is 0 Å². The van der Waals surface area contributed by atoms with Crippen molar-refractivity contribution in [3.63, 3.8) is 0 Å². The normalized spacial score (nSPS) is 7.90. The second-order valence-electron chi connectivity index (χ2n) is 2.19. The number of rotatable bonds is 4. The van der Waals surface area contributed by atoms with E-state index >= 15 is 0 Å². The van der Waals surface area contributed by atoms with Crippen LogP contribution in [-0.2, 0) is 0 Å². The van der Waals surface area contributed by atoms with Crippen LogP contribution in [0, 0.1) is 0 Å². The van der Waals surface area contributed by atoms with Gasteiger partial charge in [-0.1, -0.05) is 32.8 Å². The summed E-state index contributed by atoms with van der Waals surface area (Å²) in [6.07, 6.45) is 7.16. The van der Waals surface area contributed by atoms with Gasteiger partial charge in [-0.15, -0.1) is 6.58 Å². The van der Waals surface area contributed by atoms with E-state index in [-0.39, 0.29) is 0 Å². The van der Waals surface area contributed by atoms with Gasteiger partial charge < -0.3 is 5.73 Å². The zero-order valence-electron chi connectivity index (χ0n) is 7.40. The summed E-state index contributed by atoms with van der Waals surface area (Å²) in [5.41, 5.74) is 4.85. The van der Waals surface area contributed by atoms with Gasteiger partial charge >= 0.3 is 0 Å². The van der Waals surface area contributed by atoms with Gasteiger partial charge in [0.1, 0.15) is 0 Å². The Bertz CT molecular complexity index is 50.7. The van der Waals surface area contributed by atoms with Crippen molar-refractivity contribution in [1.82, 2.24) is 0 Å². The van der Waals surface area contributed by atoms with E-state index < -0.39 is 0 Å². The van der Waals surface area contributed by atoms with Crippen LogP contribution in [0.4, 0.5) is 0 Å². The van der Waals surface area contributed by atoms with Crippen LogP contribution in [0.2, 0.25) is 0 Å². The predicted molar refractivity (Wildman–Crippen MR) is 49.1 cm³/mol. The SMILES string of the molecule is C=CCCCCC.CCN. The van der Waals surface area contributed by atoms with Crippen LogP contribution < -0.4 is 5.73 Å². The van der Waals surface area contributed by atoms with Gasteiger partial charge in [0.15, 0.2) is 0 Å². The third-order valence-electron chi connectivity index (χ3n) is 1.01. The van der Waals surface area contributed by atoms with E-state index in [2.05, 4.69) is 13.5 Å². The van der Waals surface area contributed by atoms with Crippen molar-refractivity contribution in [3.05, 3.63) is 12.7 Å². The first-order valence-electron chi connectivity index (χ1n) is 4.14. The maximum Gasteiger partial charge on any atom is -0.0106 e. The summed E-state index contributed by atoms with van der Waals surface area (Å²) in [6.45, 7) is 8.50. The second-order valence-corrected chi connectivity index (χ2v) is 2.19. The minimum absolute atomic E-state index is 0.750. The molecule has 0 spiro atoms. The Kier molecular flexibility index (Phi) is 19.7. The first kappa shape index (κ1) is 12.4. The Morgan fingerprint density at radius 3 is 2.10 bits per heavy atom. The fraction of sp³-hybridized carbons (Fsp3) is 0.778. The second kappa shape index (κ2) is 15.9. The molecule has 0 heterocycles. The molecule has 0 unspecified atom stereocenters. The molecule has 0 saturated heterocycles. The molecule has 2 N–H and O–H groups in total.